The fourth-order valence-electron chi connectivity index (χ4n) is 4.86. The SMILES string of the molecule is O=C(O)CC1CCCN(CC(O)c2ccc(-c3noc(-c4noc(-c5ccccc5)c4C(F)(F)F)n3)cc2)C1. The molecule has 0 bridgehead atoms. The van der Waals surface area contributed by atoms with Crippen LogP contribution < -0.4 is 0 Å². The van der Waals surface area contributed by atoms with Crippen molar-refractivity contribution in [2.75, 3.05) is 19.6 Å². The number of nitrogens with zero attached hydrogens (tertiary/aromatic N) is 4. The Morgan fingerprint density at radius 1 is 1.05 bits per heavy atom. The molecule has 0 spiro atoms. The van der Waals surface area contributed by atoms with E-state index in [9.17, 15) is 23.1 Å². The molecule has 5 rings (SSSR count). The summed E-state index contributed by atoms with van der Waals surface area (Å²) < 4.78 is 52.1. The normalized spacial score (nSPS) is 17.3. The number of hydrogen-bond acceptors (Lipinski definition) is 8. The van der Waals surface area contributed by atoms with E-state index in [1.807, 2.05) is 0 Å². The number of aliphatic hydroxyl groups excluding tert-OH is 1. The standard InChI is InChI=1S/C27H25F3N4O5/c28-27(29,30)22-23(32-38-24(22)18-6-2-1-3-7-18)26-31-25(33-39-26)19-10-8-17(9-11-19)20(35)15-34-12-4-5-16(14-34)13-21(36)37/h1-3,6-11,16,20,35H,4-5,12-15H2,(H,36,37). The molecule has 3 heterocycles. The van der Waals surface area contributed by atoms with Crippen molar-refractivity contribution in [1.82, 2.24) is 20.2 Å². The minimum atomic E-state index is -4.78. The molecular weight excluding hydrogens is 517 g/mol. The first-order valence-electron chi connectivity index (χ1n) is 12.4. The van der Waals surface area contributed by atoms with Gasteiger partial charge in [-0.1, -0.05) is 64.9 Å². The monoisotopic (exact) mass is 542 g/mol. The first-order chi connectivity index (χ1) is 18.7. The highest BCUT2D eigenvalue weighted by Gasteiger charge is 2.42. The first kappa shape index (κ1) is 26.6. The Bertz CT molecular complexity index is 1420. The average Bonchev–Trinajstić information content (AvgIpc) is 3.57. The van der Waals surface area contributed by atoms with Crippen molar-refractivity contribution >= 4 is 5.97 Å². The number of aliphatic hydroxyl groups is 1. The lowest BCUT2D eigenvalue weighted by molar-refractivity contribution is -0.139. The van der Waals surface area contributed by atoms with Gasteiger partial charge in [0, 0.05) is 30.6 Å². The summed E-state index contributed by atoms with van der Waals surface area (Å²) in [6, 6.07) is 14.5. The van der Waals surface area contributed by atoms with Gasteiger partial charge in [-0.2, -0.15) is 18.2 Å². The van der Waals surface area contributed by atoms with Crippen LogP contribution in [0.25, 0.3) is 34.3 Å². The number of piperidine rings is 1. The number of aliphatic carboxylic acids is 1. The Kier molecular flexibility index (Phi) is 7.49. The number of carboxylic acids is 1. The number of carbonyl (C=O) groups is 1. The van der Waals surface area contributed by atoms with Crippen molar-refractivity contribution in [1.29, 1.82) is 0 Å². The van der Waals surface area contributed by atoms with Crippen molar-refractivity contribution in [3.8, 4) is 34.3 Å². The van der Waals surface area contributed by atoms with Gasteiger partial charge in [-0.25, -0.2) is 0 Å². The topological polar surface area (TPSA) is 126 Å². The molecule has 0 saturated carbocycles. The molecule has 2 N–H and O–H groups in total. The van der Waals surface area contributed by atoms with E-state index < -0.39 is 41.2 Å². The molecule has 2 aromatic carbocycles. The van der Waals surface area contributed by atoms with Crippen LogP contribution in [0.5, 0.6) is 0 Å². The van der Waals surface area contributed by atoms with Gasteiger partial charge in [0.05, 0.1) is 6.10 Å². The molecule has 1 aliphatic rings. The second kappa shape index (κ2) is 11.0. The highest BCUT2D eigenvalue weighted by Crippen LogP contribution is 2.43. The third-order valence-electron chi connectivity index (χ3n) is 6.69. The zero-order chi connectivity index (χ0) is 27.6. The molecule has 2 atom stereocenters. The van der Waals surface area contributed by atoms with E-state index in [2.05, 4.69) is 20.2 Å². The van der Waals surface area contributed by atoms with Crippen molar-refractivity contribution in [3.05, 3.63) is 65.7 Å². The molecule has 1 fully saturated rings. The number of β-amino-alcohol motifs (C(OH)–C–C–N with tert-alkyl or cyclic N) is 1. The molecular formula is C27H25F3N4O5. The fourth-order valence-corrected chi connectivity index (χ4v) is 4.86. The van der Waals surface area contributed by atoms with Gasteiger partial charge >= 0.3 is 12.1 Å². The number of alkyl halides is 3. The van der Waals surface area contributed by atoms with E-state index in [0.29, 0.717) is 24.2 Å². The van der Waals surface area contributed by atoms with E-state index >= 15 is 0 Å². The molecule has 12 heteroatoms. The maximum Gasteiger partial charge on any atom is 0.422 e. The first-order valence-corrected chi connectivity index (χ1v) is 12.4. The summed E-state index contributed by atoms with van der Waals surface area (Å²) in [6.07, 6.45) is -3.75. The number of halogens is 3. The smallest absolute Gasteiger partial charge is 0.422 e. The highest BCUT2D eigenvalue weighted by atomic mass is 19.4. The van der Waals surface area contributed by atoms with E-state index in [0.717, 1.165) is 19.4 Å². The van der Waals surface area contributed by atoms with Gasteiger partial charge in [0.2, 0.25) is 5.82 Å². The van der Waals surface area contributed by atoms with Crippen molar-refractivity contribution in [2.24, 2.45) is 5.92 Å². The quantitative estimate of drug-likeness (QED) is 0.305. The van der Waals surface area contributed by atoms with Gasteiger partial charge in [-0.15, -0.1) is 0 Å². The maximum atomic E-state index is 14.0. The van der Waals surface area contributed by atoms with Gasteiger partial charge in [0.15, 0.2) is 11.5 Å². The van der Waals surface area contributed by atoms with Crippen LogP contribution in [0.15, 0.2) is 63.6 Å². The largest absolute Gasteiger partial charge is 0.481 e. The molecule has 9 nitrogen and oxygen atoms in total. The summed E-state index contributed by atoms with van der Waals surface area (Å²) >= 11 is 0. The van der Waals surface area contributed by atoms with E-state index in [-0.39, 0.29) is 23.7 Å². The van der Waals surface area contributed by atoms with Gasteiger partial charge in [0.25, 0.3) is 5.89 Å². The predicted octanol–water partition coefficient (Wildman–Crippen LogP) is 5.30. The number of likely N-dealkylation sites (tertiary alicyclic amines) is 1. The van der Waals surface area contributed by atoms with Crippen LogP contribution in [0.3, 0.4) is 0 Å². The number of carboxylic acid groups (broad SMARTS) is 1. The van der Waals surface area contributed by atoms with Crippen LogP contribution in [0.4, 0.5) is 13.2 Å². The maximum absolute atomic E-state index is 14.0. The highest BCUT2D eigenvalue weighted by molar-refractivity contribution is 5.70. The Balaban J connectivity index is 1.31. The van der Waals surface area contributed by atoms with Crippen LogP contribution in [0, 0.1) is 5.92 Å². The van der Waals surface area contributed by atoms with E-state index in [1.165, 1.54) is 12.1 Å². The molecule has 0 aliphatic carbocycles. The Labute approximate surface area is 220 Å². The van der Waals surface area contributed by atoms with Crippen molar-refractivity contribution in [3.63, 3.8) is 0 Å². The lowest BCUT2D eigenvalue weighted by Gasteiger charge is -2.33. The molecule has 1 aliphatic heterocycles. The average molecular weight is 543 g/mol. The van der Waals surface area contributed by atoms with Crippen LogP contribution in [-0.2, 0) is 11.0 Å². The molecule has 0 amide bonds. The molecule has 39 heavy (non-hydrogen) atoms. The summed E-state index contributed by atoms with van der Waals surface area (Å²) in [6.45, 7) is 1.75. The van der Waals surface area contributed by atoms with Gasteiger partial charge in [0.1, 0.15) is 5.56 Å². The van der Waals surface area contributed by atoms with Crippen LogP contribution >= 0.6 is 0 Å². The summed E-state index contributed by atoms with van der Waals surface area (Å²) in [4.78, 5) is 17.2. The van der Waals surface area contributed by atoms with Gasteiger partial charge in [-0.3, -0.25) is 4.79 Å². The number of benzene rings is 2. The summed E-state index contributed by atoms with van der Waals surface area (Å²) in [7, 11) is 0. The van der Waals surface area contributed by atoms with Gasteiger partial charge < -0.3 is 24.2 Å². The Hall–Kier alpha value is -4.03. The summed E-state index contributed by atoms with van der Waals surface area (Å²) in [5, 5.41) is 27.2. The molecule has 1 saturated heterocycles. The molecule has 2 aromatic heterocycles. The molecule has 4 aromatic rings. The third kappa shape index (κ3) is 6.02. The fraction of sp³-hybridized carbons (Fsp3) is 0.333. The molecule has 0 radical (unpaired) electrons. The summed E-state index contributed by atoms with van der Waals surface area (Å²) in [5.41, 5.74) is -0.396. The second-order valence-electron chi connectivity index (χ2n) is 9.53. The van der Waals surface area contributed by atoms with Crippen LogP contribution in [-0.4, -0.2) is 56.0 Å². The lowest BCUT2D eigenvalue weighted by Crippen LogP contribution is -2.38. The number of hydrogen-bond donors (Lipinski definition) is 2. The van der Waals surface area contributed by atoms with Crippen LogP contribution in [0.1, 0.15) is 36.5 Å². The van der Waals surface area contributed by atoms with E-state index in [4.69, 9.17) is 14.2 Å². The zero-order valence-electron chi connectivity index (χ0n) is 20.6. The number of rotatable bonds is 8. The predicted molar refractivity (Wildman–Crippen MR) is 132 cm³/mol. The third-order valence-corrected chi connectivity index (χ3v) is 6.69. The van der Waals surface area contributed by atoms with Crippen LogP contribution in [0.2, 0.25) is 0 Å². The number of aromatic nitrogens is 3. The minimum Gasteiger partial charge on any atom is -0.481 e. The zero-order valence-corrected chi connectivity index (χ0v) is 20.6. The minimum absolute atomic E-state index is 0.0518. The molecule has 2 unspecified atom stereocenters. The Morgan fingerprint density at radius 2 is 1.79 bits per heavy atom. The lowest BCUT2D eigenvalue weighted by atomic mass is 9.94. The second-order valence-corrected chi connectivity index (χ2v) is 9.53. The summed E-state index contributed by atoms with van der Waals surface area (Å²) in [5.74, 6) is -1.59. The Morgan fingerprint density at radius 3 is 2.49 bits per heavy atom. The van der Waals surface area contributed by atoms with E-state index in [1.54, 1.807) is 42.5 Å². The molecule has 204 valence electrons. The van der Waals surface area contributed by atoms with Gasteiger partial charge in [-0.05, 0) is 30.9 Å². The van der Waals surface area contributed by atoms with Crippen molar-refractivity contribution < 1.29 is 37.2 Å². The van der Waals surface area contributed by atoms with Crippen molar-refractivity contribution in [2.45, 2.75) is 31.5 Å².